The fraction of sp³-hybridized carbons (Fsp3) is 0.400. The van der Waals surface area contributed by atoms with Crippen molar-refractivity contribution in [1.82, 2.24) is 9.55 Å². The first-order chi connectivity index (χ1) is 5.15. The molecule has 0 amide bonds. The molecule has 0 radical (unpaired) electrons. The first-order valence-electron chi connectivity index (χ1n) is 2.87. The van der Waals surface area contributed by atoms with E-state index in [1.807, 2.05) is 0 Å². The second-order valence-corrected chi connectivity index (χ2v) is 1.95. The van der Waals surface area contributed by atoms with Crippen LogP contribution in [-0.4, -0.2) is 21.6 Å². The van der Waals surface area contributed by atoms with Crippen molar-refractivity contribution < 1.29 is 9.66 Å². The molecule has 0 aromatic carbocycles. The number of nitrogens with zero attached hydrogens (tertiary/aromatic N) is 3. The molecule has 60 valence electrons. The van der Waals surface area contributed by atoms with E-state index in [0.717, 1.165) is 0 Å². The summed E-state index contributed by atoms with van der Waals surface area (Å²) in [5.74, 6) is -0.204. The molecule has 11 heavy (non-hydrogen) atoms. The van der Waals surface area contributed by atoms with E-state index in [2.05, 4.69) is 4.98 Å². The number of aromatic nitrogens is 2. The fourth-order valence-corrected chi connectivity index (χ4v) is 0.712. The number of hydrogen-bond donors (Lipinski definition) is 0. The van der Waals surface area contributed by atoms with Crippen molar-refractivity contribution in [1.29, 1.82) is 0 Å². The van der Waals surface area contributed by atoms with Crippen LogP contribution in [0.25, 0.3) is 0 Å². The number of rotatable bonds is 2. The number of hydrogen-bond acceptors (Lipinski definition) is 4. The van der Waals surface area contributed by atoms with E-state index in [1.54, 1.807) is 7.05 Å². The zero-order valence-corrected chi connectivity index (χ0v) is 6.14. The van der Waals surface area contributed by atoms with Gasteiger partial charge in [0.05, 0.1) is 7.11 Å². The van der Waals surface area contributed by atoms with Crippen LogP contribution >= 0.6 is 0 Å². The third kappa shape index (κ3) is 1.28. The van der Waals surface area contributed by atoms with Gasteiger partial charge in [-0.1, -0.05) is 0 Å². The van der Waals surface area contributed by atoms with E-state index in [1.165, 1.54) is 17.9 Å². The maximum atomic E-state index is 10.2. The molecule has 0 spiro atoms. The van der Waals surface area contributed by atoms with Gasteiger partial charge in [0.1, 0.15) is 6.20 Å². The standard InChI is InChI=1S/C5H7N3O3/c1-7-3-4(8(9)10)6-5(7)11-2/h3H,1-2H3. The van der Waals surface area contributed by atoms with Crippen molar-refractivity contribution in [3.8, 4) is 6.01 Å². The van der Waals surface area contributed by atoms with E-state index >= 15 is 0 Å². The lowest BCUT2D eigenvalue weighted by molar-refractivity contribution is -0.389. The molecule has 0 aliphatic heterocycles. The lowest BCUT2D eigenvalue weighted by Gasteiger charge is -1.89. The Morgan fingerprint density at radius 1 is 1.82 bits per heavy atom. The van der Waals surface area contributed by atoms with Gasteiger partial charge in [-0.3, -0.25) is 4.57 Å². The Kier molecular flexibility index (Phi) is 1.75. The molecule has 0 fully saturated rings. The van der Waals surface area contributed by atoms with Gasteiger partial charge in [-0.25, -0.2) is 0 Å². The topological polar surface area (TPSA) is 70.2 Å². The molecule has 6 nitrogen and oxygen atoms in total. The summed E-state index contributed by atoms with van der Waals surface area (Å²) in [6, 6.07) is 0.233. The minimum Gasteiger partial charge on any atom is -0.449 e. The van der Waals surface area contributed by atoms with Crippen LogP contribution < -0.4 is 4.74 Å². The van der Waals surface area contributed by atoms with Gasteiger partial charge in [-0.05, 0) is 4.92 Å². The highest BCUT2D eigenvalue weighted by Gasteiger charge is 2.15. The van der Waals surface area contributed by atoms with Crippen molar-refractivity contribution in [2.24, 2.45) is 7.05 Å². The van der Waals surface area contributed by atoms with Gasteiger partial charge in [-0.2, -0.15) is 0 Å². The van der Waals surface area contributed by atoms with Gasteiger partial charge in [-0.15, -0.1) is 0 Å². The van der Waals surface area contributed by atoms with E-state index in [-0.39, 0.29) is 11.8 Å². The molecule has 6 heteroatoms. The molecule has 0 N–H and O–H groups in total. The summed E-state index contributed by atoms with van der Waals surface area (Å²) in [5, 5.41) is 10.2. The van der Waals surface area contributed by atoms with Gasteiger partial charge in [0, 0.05) is 12.0 Å². The number of aryl methyl sites for hydroxylation is 1. The third-order valence-electron chi connectivity index (χ3n) is 1.19. The lowest BCUT2D eigenvalue weighted by Crippen LogP contribution is -1.92. The van der Waals surface area contributed by atoms with Crippen LogP contribution in [0.4, 0.5) is 5.82 Å². The summed E-state index contributed by atoms with van der Waals surface area (Å²) in [4.78, 5) is 13.2. The minimum atomic E-state index is -0.567. The Labute approximate surface area is 62.6 Å². The molecule has 1 rings (SSSR count). The first kappa shape index (κ1) is 7.52. The molecule has 0 aliphatic carbocycles. The Hall–Kier alpha value is -1.59. The number of ether oxygens (including phenoxy) is 1. The third-order valence-corrected chi connectivity index (χ3v) is 1.19. The fourth-order valence-electron chi connectivity index (χ4n) is 0.712. The molecule has 0 saturated heterocycles. The number of nitro groups is 1. The molecule has 1 aromatic rings. The summed E-state index contributed by atoms with van der Waals surface area (Å²) < 4.78 is 6.17. The predicted octanol–water partition coefficient (Wildman–Crippen LogP) is 0.337. The van der Waals surface area contributed by atoms with Gasteiger partial charge in [0.25, 0.3) is 0 Å². The Morgan fingerprint density at radius 2 is 2.45 bits per heavy atom. The van der Waals surface area contributed by atoms with Crippen molar-refractivity contribution >= 4 is 5.82 Å². The molecular weight excluding hydrogens is 150 g/mol. The largest absolute Gasteiger partial charge is 0.449 e. The highest BCUT2D eigenvalue weighted by molar-refractivity contribution is 5.19. The lowest BCUT2D eigenvalue weighted by atomic mass is 10.8. The number of methoxy groups -OCH3 is 1. The van der Waals surface area contributed by atoms with E-state index in [4.69, 9.17) is 4.74 Å². The smallest absolute Gasteiger partial charge is 0.413 e. The van der Waals surface area contributed by atoms with Crippen molar-refractivity contribution in [2.45, 2.75) is 0 Å². The summed E-state index contributed by atoms with van der Waals surface area (Å²) in [7, 11) is 3.03. The molecule has 0 aliphatic rings. The molecule has 1 aromatic heterocycles. The Balaban J connectivity index is 3.05. The van der Waals surface area contributed by atoms with Crippen LogP contribution in [-0.2, 0) is 7.05 Å². The van der Waals surface area contributed by atoms with Crippen molar-refractivity contribution in [2.75, 3.05) is 7.11 Å². The summed E-state index contributed by atoms with van der Waals surface area (Å²) in [6.07, 6.45) is 1.29. The second-order valence-electron chi connectivity index (χ2n) is 1.95. The van der Waals surface area contributed by atoms with E-state index in [0.29, 0.717) is 0 Å². The maximum absolute atomic E-state index is 10.2. The molecule has 0 saturated carbocycles. The summed E-state index contributed by atoms with van der Waals surface area (Å²) >= 11 is 0. The molecule has 0 atom stereocenters. The summed E-state index contributed by atoms with van der Waals surface area (Å²) in [5.41, 5.74) is 0. The molecule has 0 bridgehead atoms. The van der Waals surface area contributed by atoms with E-state index in [9.17, 15) is 10.1 Å². The van der Waals surface area contributed by atoms with Gasteiger partial charge >= 0.3 is 11.8 Å². The average Bonchev–Trinajstić information content (AvgIpc) is 2.31. The highest BCUT2D eigenvalue weighted by atomic mass is 16.6. The first-order valence-corrected chi connectivity index (χ1v) is 2.87. The predicted molar refractivity (Wildman–Crippen MR) is 36.4 cm³/mol. The van der Waals surface area contributed by atoms with Crippen LogP contribution in [0.1, 0.15) is 0 Å². The molecule has 0 unspecified atom stereocenters. The summed E-state index contributed by atoms with van der Waals surface area (Å²) in [6.45, 7) is 0. The van der Waals surface area contributed by atoms with Crippen LogP contribution in [0.15, 0.2) is 6.20 Å². The monoisotopic (exact) mass is 157 g/mol. The SMILES string of the molecule is COc1nc([N+](=O)[O-])cn1C. The van der Waals surface area contributed by atoms with Gasteiger partial charge < -0.3 is 14.9 Å². The van der Waals surface area contributed by atoms with E-state index < -0.39 is 4.92 Å². The zero-order chi connectivity index (χ0) is 8.43. The quantitative estimate of drug-likeness (QED) is 0.458. The van der Waals surface area contributed by atoms with Crippen molar-refractivity contribution in [3.05, 3.63) is 16.3 Å². The van der Waals surface area contributed by atoms with Crippen LogP contribution in [0.3, 0.4) is 0 Å². The van der Waals surface area contributed by atoms with Crippen LogP contribution in [0.2, 0.25) is 0 Å². The maximum Gasteiger partial charge on any atom is 0.413 e. The average molecular weight is 157 g/mol. The Morgan fingerprint density at radius 3 is 2.73 bits per heavy atom. The minimum absolute atomic E-state index is 0.204. The molecule has 1 heterocycles. The Bertz CT molecular complexity index is 281. The van der Waals surface area contributed by atoms with Crippen molar-refractivity contribution in [3.63, 3.8) is 0 Å². The highest BCUT2D eigenvalue weighted by Crippen LogP contribution is 2.14. The van der Waals surface area contributed by atoms with Crippen LogP contribution in [0, 0.1) is 10.1 Å². The second kappa shape index (κ2) is 2.57. The normalized spacial score (nSPS) is 9.64. The molecular formula is C5H7N3O3. The van der Waals surface area contributed by atoms with Gasteiger partial charge in [0.15, 0.2) is 0 Å². The zero-order valence-electron chi connectivity index (χ0n) is 6.14. The van der Waals surface area contributed by atoms with Crippen LogP contribution in [0.5, 0.6) is 6.01 Å². The van der Waals surface area contributed by atoms with Gasteiger partial charge in [0.2, 0.25) is 0 Å². The number of imidazole rings is 1.